The normalized spacial score (nSPS) is 12.4. The number of hydrogen-bond donors (Lipinski definition) is 0. The van der Waals surface area contributed by atoms with E-state index in [-0.39, 0.29) is 23.2 Å². The zero-order chi connectivity index (χ0) is 20.1. The lowest BCUT2D eigenvalue weighted by molar-refractivity contribution is -0.138. The molecule has 1 aromatic carbocycles. The molecule has 0 atom stereocenters. The Morgan fingerprint density at radius 2 is 1.75 bits per heavy atom. The van der Waals surface area contributed by atoms with E-state index in [2.05, 4.69) is 9.97 Å². The van der Waals surface area contributed by atoms with Gasteiger partial charge in [0.25, 0.3) is 0 Å². The van der Waals surface area contributed by atoms with Crippen LogP contribution < -0.4 is 0 Å². The summed E-state index contributed by atoms with van der Waals surface area (Å²) in [7, 11) is 0. The molecular weight excluding hydrogens is 377 g/mol. The Balaban J connectivity index is 1.96. The lowest BCUT2D eigenvalue weighted by Crippen LogP contribution is -2.10. The first kappa shape index (κ1) is 18.3. The summed E-state index contributed by atoms with van der Waals surface area (Å²) < 4.78 is 68.3. The monoisotopic (exact) mass is 391 g/mol. The van der Waals surface area contributed by atoms with Gasteiger partial charge in [0, 0.05) is 34.9 Å². The Hall–Kier alpha value is -3.03. The quantitative estimate of drug-likeness (QED) is 0.388. The number of nitrogens with zero attached hydrogens (tertiary/aromatic N) is 3. The van der Waals surface area contributed by atoms with E-state index in [1.807, 2.05) is 0 Å². The van der Waals surface area contributed by atoms with E-state index in [9.17, 15) is 22.0 Å². The number of rotatable bonds is 3. The summed E-state index contributed by atoms with van der Waals surface area (Å²) in [5, 5.41) is 1.11. The molecule has 144 valence electrons. The number of alkyl halides is 5. The van der Waals surface area contributed by atoms with Gasteiger partial charge in [-0.15, -0.1) is 0 Å². The minimum Gasteiger partial charge on any atom is -0.284 e. The third-order valence-electron chi connectivity index (χ3n) is 4.74. The molecule has 4 rings (SSSR count). The van der Waals surface area contributed by atoms with Crippen molar-refractivity contribution in [3.63, 3.8) is 0 Å². The van der Waals surface area contributed by atoms with Crippen LogP contribution >= 0.6 is 0 Å². The third-order valence-corrected chi connectivity index (χ3v) is 4.74. The first-order valence-corrected chi connectivity index (χ1v) is 8.53. The van der Waals surface area contributed by atoms with Gasteiger partial charge in [0.15, 0.2) is 0 Å². The predicted octanol–water partition coefficient (Wildman–Crippen LogP) is 6.23. The highest BCUT2D eigenvalue weighted by molar-refractivity contribution is 6.08. The van der Waals surface area contributed by atoms with Gasteiger partial charge in [-0.3, -0.25) is 14.5 Å². The van der Waals surface area contributed by atoms with Crippen LogP contribution in [0.2, 0.25) is 0 Å². The van der Waals surface area contributed by atoms with Gasteiger partial charge in [0.1, 0.15) is 0 Å². The number of fused-ring (bicyclic) bond motifs is 3. The van der Waals surface area contributed by atoms with Crippen molar-refractivity contribution in [3.8, 4) is 11.1 Å². The van der Waals surface area contributed by atoms with E-state index in [0.717, 1.165) is 10.6 Å². The molecule has 0 unspecified atom stereocenters. The number of hydrogen-bond acceptors (Lipinski definition) is 2. The molecule has 4 aromatic rings. The number of halogens is 5. The molecule has 0 spiro atoms. The molecular formula is C20H14F5N3. The first-order valence-electron chi connectivity index (χ1n) is 8.53. The fourth-order valence-electron chi connectivity index (χ4n) is 3.46. The Morgan fingerprint density at radius 3 is 2.43 bits per heavy atom. The highest BCUT2D eigenvalue weighted by Gasteiger charge is 2.34. The van der Waals surface area contributed by atoms with Crippen LogP contribution in [-0.2, 0) is 12.6 Å². The molecule has 3 heterocycles. The third kappa shape index (κ3) is 2.89. The maximum absolute atomic E-state index is 13.7. The molecule has 0 radical (unpaired) electrons. The maximum Gasteiger partial charge on any atom is 0.418 e. The van der Waals surface area contributed by atoms with Crippen LogP contribution in [0.3, 0.4) is 0 Å². The van der Waals surface area contributed by atoms with Crippen molar-refractivity contribution in [1.29, 1.82) is 0 Å². The predicted molar refractivity (Wildman–Crippen MR) is 96.1 cm³/mol. The van der Waals surface area contributed by atoms with Gasteiger partial charge in [-0.05, 0) is 30.2 Å². The maximum atomic E-state index is 13.7. The smallest absolute Gasteiger partial charge is 0.284 e. The summed E-state index contributed by atoms with van der Waals surface area (Å²) in [6, 6.07) is 7.19. The van der Waals surface area contributed by atoms with Crippen molar-refractivity contribution < 1.29 is 22.0 Å². The average molecular weight is 391 g/mol. The molecule has 0 aliphatic rings. The van der Waals surface area contributed by atoms with Crippen LogP contribution in [-0.4, -0.2) is 14.5 Å². The van der Waals surface area contributed by atoms with Crippen molar-refractivity contribution in [2.24, 2.45) is 0 Å². The molecule has 8 heteroatoms. The van der Waals surface area contributed by atoms with E-state index in [4.69, 9.17) is 0 Å². The Bertz CT molecular complexity index is 1180. The Kier molecular flexibility index (Phi) is 4.28. The highest BCUT2D eigenvalue weighted by Crippen LogP contribution is 2.37. The number of pyridine rings is 2. The van der Waals surface area contributed by atoms with Crippen molar-refractivity contribution >= 4 is 21.8 Å². The van der Waals surface area contributed by atoms with Gasteiger partial charge in [0.05, 0.1) is 22.3 Å². The molecule has 3 aromatic heterocycles. The summed E-state index contributed by atoms with van der Waals surface area (Å²) in [5.41, 5.74) is 0.272. The Labute approximate surface area is 156 Å². The van der Waals surface area contributed by atoms with Gasteiger partial charge < -0.3 is 0 Å². The van der Waals surface area contributed by atoms with Gasteiger partial charge in [-0.2, -0.15) is 22.0 Å². The second kappa shape index (κ2) is 6.54. The van der Waals surface area contributed by atoms with Gasteiger partial charge in [-0.25, -0.2) is 0 Å². The van der Waals surface area contributed by atoms with Gasteiger partial charge >= 0.3 is 12.7 Å². The van der Waals surface area contributed by atoms with Crippen molar-refractivity contribution in [1.82, 2.24) is 14.5 Å². The second-order valence-corrected chi connectivity index (χ2v) is 6.34. The number of aromatic nitrogens is 3. The first-order chi connectivity index (χ1) is 13.3. The van der Waals surface area contributed by atoms with Gasteiger partial charge in [-0.1, -0.05) is 19.1 Å². The van der Waals surface area contributed by atoms with Crippen molar-refractivity contribution in [2.45, 2.75) is 26.1 Å². The molecule has 0 saturated heterocycles. The number of benzene rings is 1. The summed E-state index contributed by atoms with van der Waals surface area (Å²) in [5.74, 6) is 0. The molecule has 28 heavy (non-hydrogen) atoms. The molecule has 0 N–H and O–H groups in total. The summed E-state index contributed by atoms with van der Waals surface area (Å²) in [6.45, 7) is -1.21. The molecule has 3 nitrogen and oxygen atoms in total. The van der Waals surface area contributed by atoms with Crippen molar-refractivity contribution in [2.75, 3.05) is 0 Å². The lowest BCUT2D eigenvalue weighted by Gasteiger charge is -2.13. The minimum atomic E-state index is -4.54. The molecule has 0 saturated carbocycles. The molecule has 0 aliphatic carbocycles. The summed E-state index contributed by atoms with van der Waals surface area (Å²) >= 11 is 0. The fraction of sp³-hybridized carbons (Fsp3) is 0.200. The lowest BCUT2D eigenvalue weighted by atomic mass is 10.0. The van der Waals surface area contributed by atoms with E-state index in [1.54, 1.807) is 19.1 Å². The minimum absolute atomic E-state index is 0.0508. The standard InChI is InChI=1S/C20H14F5N3/c1-2-16-15(20(23,24)25)7-12(9-27-16)11-3-4-13-14-10-26-6-5-17(14)28(19(21)22)18(13)8-11/h3-10,19H,2H2,1H3. The van der Waals surface area contributed by atoms with E-state index in [1.165, 1.54) is 30.7 Å². The Morgan fingerprint density at radius 1 is 0.964 bits per heavy atom. The van der Waals surface area contributed by atoms with Crippen molar-refractivity contribution in [3.05, 3.63) is 60.2 Å². The van der Waals surface area contributed by atoms with Gasteiger partial charge in [0.2, 0.25) is 0 Å². The summed E-state index contributed by atoms with van der Waals surface area (Å²) in [6.07, 6.45) is -0.144. The van der Waals surface area contributed by atoms with Crippen LogP contribution in [0.1, 0.15) is 24.7 Å². The second-order valence-electron chi connectivity index (χ2n) is 6.34. The fourth-order valence-corrected chi connectivity index (χ4v) is 3.46. The zero-order valence-electron chi connectivity index (χ0n) is 14.6. The highest BCUT2D eigenvalue weighted by atomic mass is 19.4. The zero-order valence-corrected chi connectivity index (χ0v) is 14.6. The SMILES string of the molecule is CCc1ncc(-c2ccc3c4cnccc4n(C(F)F)c3c2)cc1C(F)(F)F. The molecule has 0 aliphatic heterocycles. The molecule has 0 fully saturated rings. The number of aryl methyl sites for hydroxylation is 1. The van der Waals surface area contributed by atoms with Crippen LogP contribution in [0.15, 0.2) is 48.9 Å². The molecule has 0 amide bonds. The van der Waals surface area contributed by atoms with Crippen LogP contribution in [0, 0.1) is 0 Å². The average Bonchev–Trinajstić information content (AvgIpc) is 3.00. The van der Waals surface area contributed by atoms with E-state index < -0.39 is 18.3 Å². The topological polar surface area (TPSA) is 30.7 Å². The van der Waals surface area contributed by atoms with E-state index in [0.29, 0.717) is 21.9 Å². The van der Waals surface area contributed by atoms with E-state index >= 15 is 0 Å². The van der Waals surface area contributed by atoms with Crippen LogP contribution in [0.5, 0.6) is 0 Å². The summed E-state index contributed by atoms with van der Waals surface area (Å²) in [4.78, 5) is 7.92. The molecule has 0 bridgehead atoms. The largest absolute Gasteiger partial charge is 0.418 e. The van der Waals surface area contributed by atoms with Crippen LogP contribution in [0.25, 0.3) is 32.9 Å². The van der Waals surface area contributed by atoms with Crippen LogP contribution in [0.4, 0.5) is 22.0 Å².